The predicted molar refractivity (Wildman–Crippen MR) is 98.3 cm³/mol. The summed E-state index contributed by atoms with van der Waals surface area (Å²) in [5.41, 5.74) is 1.44. The molecule has 5 nitrogen and oxygen atoms in total. The highest BCUT2D eigenvalue weighted by molar-refractivity contribution is 6.06. The number of rotatable bonds is 10. The van der Waals surface area contributed by atoms with Gasteiger partial charge in [0.2, 0.25) is 5.78 Å². The summed E-state index contributed by atoms with van der Waals surface area (Å²) >= 11 is 0. The fourth-order valence-electron chi connectivity index (χ4n) is 3.57. The first kappa shape index (κ1) is 18.5. The maximum Gasteiger partial charge on any atom is 0.315 e. The maximum absolute atomic E-state index is 12.5. The minimum absolute atomic E-state index is 0.151. The number of ketones is 1. The number of furan rings is 1. The van der Waals surface area contributed by atoms with Crippen molar-refractivity contribution in [1.82, 2.24) is 4.57 Å². The summed E-state index contributed by atoms with van der Waals surface area (Å²) < 4.78 is 12.6. The number of carbonyl (C=O) groups excluding carboxylic acids is 2. The molecule has 0 fully saturated rings. The van der Waals surface area contributed by atoms with Gasteiger partial charge in [-0.3, -0.25) is 9.59 Å². The molecule has 0 bridgehead atoms. The molecule has 0 aromatic carbocycles. The van der Waals surface area contributed by atoms with E-state index in [-0.39, 0.29) is 17.7 Å². The average molecular weight is 357 g/mol. The Kier molecular flexibility index (Phi) is 6.31. The van der Waals surface area contributed by atoms with Gasteiger partial charge in [-0.15, -0.1) is 0 Å². The van der Waals surface area contributed by atoms with Crippen LogP contribution < -0.4 is 0 Å². The Morgan fingerprint density at radius 3 is 2.73 bits per heavy atom. The second-order valence-electron chi connectivity index (χ2n) is 6.88. The van der Waals surface area contributed by atoms with Gasteiger partial charge < -0.3 is 13.7 Å². The third-order valence-corrected chi connectivity index (χ3v) is 5.02. The van der Waals surface area contributed by atoms with Crippen LogP contribution in [0.2, 0.25) is 0 Å². The van der Waals surface area contributed by atoms with Gasteiger partial charge in [-0.05, 0) is 37.1 Å². The monoisotopic (exact) mass is 357 g/mol. The lowest BCUT2D eigenvalue weighted by Crippen LogP contribution is -2.14. The van der Waals surface area contributed by atoms with Crippen molar-refractivity contribution in [3.05, 3.63) is 47.7 Å². The van der Waals surface area contributed by atoms with E-state index in [2.05, 4.69) is 6.92 Å². The fourth-order valence-corrected chi connectivity index (χ4v) is 3.57. The van der Waals surface area contributed by atoms with E-state index in [1.807, 2.05) is 10.6 Å². The third kappa shape index (κ3) is 4.09. The molecular formula is C21H27NO4. The van der Waals surface area contributed by atoms with Crippen molar-refractivity contribution < 1.29 is 18.7 Å². The molecule has 0 N–H and O–H groups in total. The molecule has 2 aromatic heterocycles. The second kappa shape index (κ2) is 8.88. The van der Waals surface area contributed by atoms with Crippen LogP contribution in [0.3, 0.4) is 0 Å². The third-order valence-electron chi connectivity index (χ3n) is 5.02. The number of fused-ring (bicyclic) bond motifs is 1. The van der Waals surface area contributed by atoms with Gasteiger partial charge in [0.25, 0.3) is 0 Å². The molecule has 0 saturated heterocycles. The van der Waals surface area contributed by atoms with E-state index in [0.717, 1.165) is 18.5 Å². The van der Waals surface area contributed by atoms with Crippen LogP contribution in [0.5, 0.6) is 0 Å². The first-order chi connectivity index (χ1) is 12.7. The number of aromatic nitrogens is 1. The molecule has 140 valence electrons. The van der Waals surface area contributed by atoms with Crippen LogP contribution in [0.4, 0.5) is 0 Å². The Morgan fingerprint density at radius 1 is 1.15 bits per heavy atom. The quantitative estimate of drug-likeness (QED) is 0.351. The Hall–Kier alpha value is -2.30. The fraction of sp³-hybridized carbons (Fsp3) is 0.524. The van der Waals surface area contributed by atoms with Gasteiger partial charge in [-0.25, -0.2) is 0 Å². The maximum atomic E-state index is 12.5. The first-order valence-corrected chi connectivity index (χ1v) is 9.66. The van der Waals surface area contributed by atoms with Crippen LogP contribution in [-0.4, -0.2) is 22.9 Å². The lowest BCUT2D eigenvalue weighted by Gasteiger charge is -2.10. The molecule has 0 amide bonds. The summed E-state index contributed by atoms with van der Waals surface area (Å²) in [5.74, 6) is -0.275. The summed E-state index contributed by atoms with van der Waals surface area (Å²) in [6.45, 7) is 3.34. The van der Waals surface area contributed by atoms with Crippen molar-refractivity contribution in [3.63, 3.8) is 0 Å². The molecule has 1 unspecified atom stereocenters. The largest absolute Gasteiger partial charge is 0.465 e. The highest BCUT2D eigenvalue weighted by atomic mass is 16.5. The topological polar surface area (TPSA) is 61.4 Å². The molecule has 3 heterocycles. The summed E-state index contributed by atoms with van der Waals surface area (Å²) in [6.07, 6.45) is 9.18. The lowest BCUT2D eigenvalue weighted by atomic mass is 10.1. The Labute approximate surface area is 154 Å². The standard InChI is InChI=1S/C21H27NO4/c1-2-3-4-5-6-7-14-26-21(24)16-12-13-22-17(16)10-11-18(22)20(23)19-9-8-15-25-19/h8-11,15-16H,2-7,12-14H2,1H3. The van der Waals surface area contributed by atoms with E-state index in [1.54, 1.807) is 18.2 Å². The molecule has 2 aromatic rings. The van der Waals surface area contributed by atoms with Crippen LogP contribution in [0.15, 0.2) is 34.9 Å². The zero-order chi connectivity index (χ0) is 18.4. The molecule has 5 heteroatoms. The van der Waals surface area contributed by atoms with Crippen molar-refractivity contribution in [3.8, 4) is 0 Å². The summed E-state index contributed by atoms with van der Waals surface area (Å²) in [4.78, 5) is 24.9. The Balaban J connectivity index is 1.52. The van der Waals surface area contributed by atoms with Crippen LogP contribution in [0.1, 0.15) is 79.7 Å². The number of hydrogen-bond acceptors (Lipinski definition) is 4. The van der Waals surface area contributed by atoms with Gasteiger partial charge in [0.15, 0.2) is 5.76 Å². The SMILES string of the molecule is CCCCCCCCOC(=O)C1CCn2c(C(=O)c3ccco3)ccc21. The number of hydrogen-bond donors (Lipinski definition) is 0. The molecule has 0 spiro atoms. The van der Waals surface area contributed by atoms with Crippen molar-refractivity contribution in [1.29, 1.82) is 0 Å². The number of unbranched alkanes of at least 4 members (excludes halogenated alkanes) is 5. The number of ether oxygens (including phenoxy) is 1. The van der Waals surface area contributed by atoms with Crippen LogP contribution in [0.25, 0.3) is 0 Å². The van der Waals surface area contributed by atoms with Gasteiger partial charge in [0, 0.05) is 12.2 Å². The number of nitrogens with zero attached hydrogens (tertiary/aromatic N) is 1. The van der Waals surface area contributed by atoms with Crippen molar-refractivity contribution in [2.24, 2.45) is 0 Å². The average Bonchev–Trinajstić information content (AvgIpc) is 3.37. The minimum Gasteiger partial charge on any atom is -0.465 e. The summed E-state index contributed by atoms with van der Waals surface area (Å²) in [7, 11) is 0. The molecule has 26 heavy (non-hydrogen) atoms. The normalized spacial score (nSPS) is 15.8. The van der Waals surface area contributed by atoms with Crippen molar-refractivity contribution >= 4 is 11.8 Å². The minimum atomic E-state index is -0.270. The summed E-state index contributed by atoms with van der Waals surface area (Å²) in [5, 5.41) is 0. The molecule has 0 aliphatic carbocycles. The second-order valence-corrected chi connectivity index (χ2v) is 6.88. The van der Waals surface area contributed by atoms with Gasteiger partial charge in [0.1, 0.15) is 0 Å². The van der Waals surface area contributed by atoms with Crippen molar-refractivity contribution in [2.45, 2.75) is 64.3 Å². The predicted octanol–water partition coefficient (Wildman–Crippen LogP) is 4.70. The molecule has 1 atom stereocenters. The van der Waals surface area contributed by atoms with Crippen LogP contribution in [0, 0.1) is 0 Å². The molecule has 1 aliphatic rings. The zero-order valence-electron chi connectivity index (χ0n) is 15.4. The van der Waals surface area contributed by atoms with E-state index in [4.69, 9.17) is 9.15 Å². The Morgan fingerprint density at radius 2 is 1.96 bits per heavy atom. The molecule has 1 aliphatic heterocycles. The number of carbonyl (C=O) groups is 2. The van der Waals surface area contributed by atoms with Gasteiger partial charge >= 0.3 is 5.97 Å². The van der Waals surface area contributed by atoms with Gasteiger partial charge in [-0.2, -0.15) is 0 Å². The first-order valence-electron chi connectivity index (χ1n) is 9.66. The van der Waals surface area contributed by atoms with E-state index in [1.165, 1.54) is 31.9 Å². The molecule has 0 saturated carbocycles. The van der Waals surface area contributed by atoms with Crippen molar-refractivity contribution in [2.75, 3.05) is 6.61 Å². The van der Waals surface area contributed by atoms with E-state index in [0.29, 0.717) is 31.0 Å². The van der Waals surface area contributed by atoms with Crippen LogP contribution in [-0.2, 0) is 16.1 Å². The lowest BCUT2D eigenvalue weighted by molar-refractivity contribution is -0.145. The number of esters is 1. The highest BCUT2D eigenvalue weighted by Crippen LogP contribution is 2.32. The van der Waals surface area contributed by atoms with Gasteiger partial charge in [-0.1, -0.05) is 39.0 Å². The molecule has 0 radical (unpaired) electrons. The smallest absolute Gasteiger partial charge is 0.315 e. The highest BCUT2D eigenvalue weighted by Gasteiger charge is 2.33. The van der Waals surface area contributed by atoms with E-state index >= 15 is 0 Å². The van der Waals surface area contributed by atoms with Crippen LogP contribution >= 0.6 is 0 Å². The molecular weight excluding hydrogens is 330 g/mol. The zero-order valence-corrected chi connectivity index (χ0v) is 15.4. The van der Waals surface area contributed by atoms with Gasteiger partial charge in [0.05, 0.1) is 24.5 Å². The van der Waals surface area contributed by atoms with E-state index in [9.17, 15) is 9.59 Å². The summed E-state index contributed by atoms with van der Waals surface area (Å²) in [6, 6.07) is 6.99. The van der Waals surface area contributed by atoms with E-state index < -0.39 is 0 Å². The molecule has 3 rings (SSSR count). The Bertz CT molecular complexity index is 729.